The zero-order chi connectivity index (χ0) is 14.8. The predicted octanol–water partition coefficient (Wildman–Crippen LogP) is 3.38. The molecule has 1 aliphatic rings. The van der Waals surface area contributed by atoms with Crippen LogP contribution in [0.25, 0.3) is 0 Å². The highest BCUT2D eigenvalue weighted by atomic mass is 79.9. The lowest BCUT2D eigenvalue weighted by atomic mass is 9.79. The summed E-state index contributed by atoms with van der Waals surface area (Å²) in [6, 6.07) is 0. The van der Waals surface area contributed by atoms with Gasteiger partial charge in [-0.1, -0.05) is 6.92 Å². The van der Waals surface area contributed by atoms with Crippen molar-refractivity contribution in [1.29, 1.82) is 0 Å². The summed E-state index contributed by atoms with van der Waals surface area (Å²) in [5.41, 5.74) is -0.542. The first-order valence-electron chi connectivity index (χ1n) is 6.89. The number of nitrogens with zero attached hydrogens (tertiary/aromatic N) is 2. The van der Waals surface area contributed by atoms with Crippen molar-refractivity contribution >= 4 is 21.9 Å². The van der Waals surface area contributed by atoms with Crippen molar-refractivity contribution in [2.24, 2.45) is 5.92 Å². The first-order valence-corrected chi connectivity index (χ1v) is 7.68. The molecule has 1 aromatic heterocycles. The molecule has 0 aliphatic heterocycles. The molecule has 2 rings (SSSR count). The fraction of sp³-hybridized carbons (Fsp3) is 0.643. The summed E-state index contributed by atoms with van der Waals surface area (Å²) in [4.78, 5) is 19.8. The van der Waals surface area contributed by atoms with Crippen molar-refractivity contribution < 1.29 is 14.6 Å². The van der Waals surface area contributed by atoms with Crippen LogP contribution in [0.5, 0.6) is 0 Å². The van der Waals surface area contributed by atoms with Crippen LogP contribution >= 0.6 is 15.9 Å². The summed E-state index contributed by atoms with van der Waals surface area (Å²) in [6.45, 7) is 4.73. The van der Waals surface area contributed by atoms with E-state index in [9.17, 15) is 9.90 Å². The van der Waals surface area contributed by atoms with E-state index in [4.69, 9.17) is 4.74 Å². The van der Waals surface area contributed by atoms with E-state index in [0.29, 0.717) is 22.8 Å². The van der Waals surface area contributed by atoms with E-state index in [-0.39, 0.29) is 5.69 Å². The Kier molecular flexibility index (Phi) is 4.75. The molecule has 1 heterocycles. The standard InChI is InChI=1S/C14H19BrN2O3/c1-3-20-14(6-4-9(2)5-7-14)13-16-8-10(15)11(17-13)12(18)19/h8-9H,3-7H2,1-2H3,(H,18,19). The van der Waals surface area contributed by atoms with Crippen LogP contribution in [-0.2, 0) is 10.3 Å². The van der Waals surface area contributed by atoms with Crippen molar-refractivity contribution in [3.63, 3.8) is 0 Å². The zero-order valence-corrected chi connectivity index (χ0v) is 13.3. The SMILES string of the molecule is CCOC1(c2ncc(Br)c(C(=O)O)n2)CCC(C)CC1. The van der Waals surface area contributed by atoms with Gasteiger partial charge in [-0.2, -0.15) is 0 Å². The number of hydrogen-bond acceptors (Lipinski definition) is 4. The molecule has 1 aromatic rings. The predicted molar refractivity (Wildman–Crippen MR) is 77.6 cm³/mol. The van der Waals surface area contributed by atoms with Crippen LogP contribution in [0, 0.1) is 5.92 Å². The first kappa shape index (κ1) is 15.4. The highest BCUT2D eigenvalue weighted by Crippen LogP contribution is 2.41. The van der Waals surface area contributed by atoms with Gasteiger partial charge in [0.25, 0.3) is 0 Å². The highest BCUT2D eigenvalue weighted by molar-refractivity contribution is 9.10. The minimum absolute atomic E-state index is 0.00676. The molecule has 0 aromatic carbocycles. The Hall–Kier alpha value is -1.01. The molecule has 0 atom stereocenters. The lowest BCUT2D eigenvalue weighted by molar-refractivity contribution is -0.0838. The van der Waals surface area contributed by atoms with Crippen LogP contribution in [0.2, 0.25) is 0 Å². The topological polar surface area (TPSA) is 72.3 Å². The van der Waals surface area contributed by atoms with Gasteiger partial charge in [-0.15, -0.1) is 0 Å². The Balaban J connectivity index is 2.39. The first-order chi connectivity index (χ1) is 9.48. The fourth-order valence-corrected chi connectivity index (χ4v) is 3.03. The summed E-state index contributed by atoms with van der Waals surface area (Å²) in [6.07, 6.45) is 5.26. The maximum atomic E-state index is 11.2. The second-order valence-corrected chi connectivity index (χ2v) is 6.16. The maximum Gasteiger partial charge on any atom is 0.355 e. The average molecular weight is 343 g/mol. The number of rotatable bonds is 4. The zero-order valence-electron chi connectivity index (χ0n) is 11.7. The molecule has 1 N–H and O–H groups in total. The van der Waals surface area contributed by atoms with E-state index in [1.807, 2.05) is 6.92 Å². The van der Waals surface area contributed by atoms with E-state index in [2.05, 4.69) is 32.8 Å². The Bertz CT molecular complexity index is 499. The van der Waals surface area contributed by atoms with Gasteiger partial charge in [0.15, 0.2) is 11.5 Å². The second kappa shape index (κ2) is 6.18. The maximum absolute atomic E-state index is 11.2. The van der Waals surface area contributed by atoms with Crippen molar-refractivity contribution in [3.05, 3.63) is 22.2 Å². The molecule has 5 nitrogen and oxygen atoms in total. The highest BCUT2D eigenvalue weighted by Gasteiger charge is 2.39. The third-order valence-electron chi connectivity index (χ3n) is 3.86. The van der Waals surface area contributed by atoms with Gasteiger partial charge in [-0.05, 0) is 54.5 Å². The van der Waals surface area contributed by atoms with Gasteiger partial charge in [-0.25, -0.2) is 14.8 Å². The molecule has 0 radical (unpaired) electrons. The van der Waals surface area contributed by atoms with Crippen LogP contribution in [0.4, 0.5) is 0 Å². The molecule has 1 fully saturated rings. The molecule has 0 spiro atoms. The van der Waals surface area contributed by atoms with E-state index < -0.39 is 11.6 Å². The lowest BCUT2D eigenvalue weighted by Crippen LogP contribution is -2.36. The Morgan fingerprint density at radius 1 is 1.55 bits per heavy atom. The quantitative estimate of drug-likeness (QED) is 0.907. The number of halogens is 1. The van der Waals surface area contributed by atoms with Crippen LogP contribution in [0.15, 0.2) is 10.7 Å². The number of aromatic nitrogens is 2. The van der Waals surface area contributed by atoms with Crippen molar-refractivity contribution in [2.45, 2.75) is 45.1 Å². The van der Waals surface area contributed by atoms with Crippen molar-refractivity contribution in [1.82, 2.24) is 9.97 Å². The third-order valence-corrected chi connectivity index (χ3v) is 4.44. The van der Waals surface area contributed by atoms with Gasteiger partial charge in [0, 0.05) is 12.8 Å². The molecular weight excluding hydrogens is 324 g/mol. The number of carboxylic acids is 1. The Morgan fingerprint density at radius 2 is 2.20 bits per heavy atom. The number of carboxylic acid groups (broad SMARTS) is 1. The second-order valence-electron chi connectivity index (χ2n) is 5.31. The molecule has 0 bridgehead atoms. The molecule has 1 aliphatic carbocycles. The van der Waals surface area contributed by atoms with Gasteiger partial charge >= 0.3 is 5.97 Å². The van der Waals surface area contributed by atoms with Gasteiger partial charge in [0.2, 0.25) is 0 Å². The number of carbonyl (C=O) groups is 1. The van der Waals surface area contributed by atoms with Crippen LogP contribution < -0.4 is 0 Å². The summed E-state index contributed by atoms with van der Waals surface area (Å²) in [5, 5.41) is 9.18. The average Bonchev–Trinajstić information content (AvgIpc) is 2.42. The molecular formula is C14H19BrN2O3. The smallest absolute Gasteiger partial charge is 0.355 e. The number of ether oxygens (including phenoxy) is 1. The van der Waals surface area contributed by atoms with E-state index >= 15 is 0 Å². The summed E-state index contributed by atoms with van der Waals surface area (Å²) in [5.74, 6) is 0.0983. The third kappa shape index (κ3) is 3.01. The van der Waals surface area contributed by atoms with Gasteiger partial charge < -0.3 is 9.84 Å². The number of aromatic carboxylic acids is 1. The van der Waals surface area contributed by atoms with Gasteiger partial charge in [-0.3, -0.25) is 0 Å². The Labute approximate surface area is 126 Å². The molecule has 0 unspecified atom stereocenters. The van der Waals surface area contributed by atoms with Crippen LogP contribution in [0.3, 0.4) is 0 Å². The molecule has 0 saturated heterocycles. The lowest BCUT2D eigenvalue weighted by Gasteiger charge is -2.37. The summed E-state index contributed by atoms with van der Waals surface area (Å²) in [7, 11) is 0. The minimum atomic E-state index is -1.06. The van der Waals surface area contributed by atoms with Crippen molar-refractivity contribution in [2.75, 3.05) is 6.61 Å². The monoisotopic (exact) mass is 342 g/mol. The van der Waals surface area contributed by atoms with E-state index in [0.717, 1.165) is 25.7 Å². The Morgan fingerprint density at radius 3 is 2.75 bits per heavy atom. The molecule has 1 saturated carbocycles. The molecule has 110 valence electrons. The fourth-order valence-electron chi connectivity index (χ4n) is 2.67. The molecule has 6 heteroatoms. The van der Waals surface area contributed by atoms with Crippen LogP contribution in [0.1, 0.15) is 55.8 Å². The summed E-state index contributed by atoms with van der Waals surface area (Å²) >= 11 is 3.17. The molecule has 0 amide bonds. The van der Waals surface area contributed by atoms with E-state index in [1.165, 1.54) is 6.20 Å². The van der Waals surface area contributed by atoms with Gasteiger partial charge in [0.05, 0.1) is 4.47 Å². The molecule has 20 heavy (non-hydrogen) atoms. The normalized spacial score (nSPS) is 26.4. The summed E-state index contributed by atoms with van der Waals surface area (Å²) < 4.78 is 6.34. The number of hydrogen-bond donors (Lipinski definition) is 1. The minimum Gasteiger partial charge on any atom is -0.476 e. The van der Waals surface area contributed by atoms with Crippen molar-refractivity contribution in [3.8, 4) is 0 Å². The largest absolute Gasteiger partial charge is 0.476 e. The van der Waals surface area contributed by atoms with Crippen LogP contribution in [-0.4, -0.2) is 27.7 Å². The van der Waals surface area contributed by atoms with E-state index in [1.54, 1.807) is 0 Å². The van der Waals surface area contributed by atoms with Gasteiger partial charge in [0.1, 0.15) is 5.60 Å².